The highest BCUT2D eigenvalue weighted by Gasteiger charge is 2.21. The number of aliphatic imine (C=N–C) groups is 1. The lowest BCUT2D eigenvalue weighted by atomic mass is 10.1. The number of fused-ring (bicyclic) bond motifs is 1. The Labute approximate surface area is 166 Å². The first kappa shape index (κ1) is 19.8. The molecule has 2 aromatic carbocycles. The third-order valence-corrected chi connectivity index (χ3v) is 5.23. The number of nitrogens with zero attached hydrogens (tertiary/aromatic N) is 2. The van der Waals surface area contributed by atoms with Gasteiger partial charge in [0.2, 0.25) is 0 Å². The van der Waals surface area contributed by atoms with Gasteiger partial charge in [-0.05, 0) is 36.8 Å². The van der Waals surface area contributed by atoms with Gasteiger partial charge in [0.05, 0.1) is 17.1 Å². The lowest BCUT2D eigenvalue weighted by molar-refractivity contribution is 0.0953. The summed E-state index contributed by atoms with van der Waals surface area (Å²) >= 11 is 1.19. The van der Waals surface area contributed by atoms with E-state index in [0.717, 1.165) is 12.8 Å². The summed E-state index contributed by atoms with van der Waals surface area (Å²) in [7, 11) is 0. The standard InChI is InChI=1S/C20H20FN5OS/c1-2-3-9-24-19(27)13-7-8-16-15(11-13)25-18(17(22)20(26-23)28-16)12-5-4-6-14(21)10-12/h4-8,10-11,23H,2-3,9,22H2,1H3,(H,24,27). The number of nitrogens with one attached hydrogen (secondary N) is 2. The summed E-state index contributed by atoms with van der Waals surface area (Å²) < 4.78 is 13.7. The molecule has 0 fully saturated rings. The number of thioether (sulfide) groups is 1. The molecule has 1 aliphatic heterocycles. The molecule has 0 atom stereocenters. The van der Waals surface area contributed by atoms with Gasteiger partial charge in [0.1, 0.15) is 10.8 Å². The predicted octanol–water partition coefficient (Wildman–Crippen LogP) is 4.74. The number of nitrogens with two attached hydrogens (primary N) is 1. The highest BCUT2D eigenvalue weighted by molar-refractivity contribution is 8.03. The summed E-state index contributed by atoms with van der Waals surface area (Å²) in [4.78, 5) is 17.7. The van der Waals surface area contributed by atoms with E-state index >= 15 is 0 Å². The highest BCUT2D eigenvalue weighted by atomic mass is 32.2. The number of halogens is 1. The summed E-state index contributed by atoms with van der Waals surface area (Å²) in [6, 6.07) is 11.0. The molecule has 1 amide bonds. The van der Waals surface area contributed by atoms with Crippen molar-refractivity contribution < 1.29 is 9.18 Å². The summed E-state index contributed by atoms with van der Waals surface area (Å²) in [6.07, 6.45) is 1.90. The minimum absolute atomic E-state index is 0.181. The van der Waals surface area contributed by atoms with E-state index in [1.807, 2.05) is 0 Å². The zero-order valence-corrected chi connectivity index (χ0v) is 16.1. The largest absolute Gasteiger partial charge is 0.395 e. The van der Waals surface area contributed by atoms with Crippen LogP contribution in [-0.2, 0) is 0 Å². The van der Waals surface area contributed by atoms with E-state index in [4.69, 9.17) is 11.3 Å². The minimum Gasteiger partial charge on any atom is -0.395 e. The second-order valence-electron chi connectivity index (χ2n) is 6.20. The monoisotopic (exact) mass is 397 g/mol. The molecule has 0 saturated heterocycles. The van der Waals surface area contributed by atoms with Gasteiger partial charge in [-0.15, -0.1) is 5.11 Å². The summed E-state index contributed by atoms with van der Waals surface area (Å²) in [5.74, 6) is -0.599. The summed E-state index contributed by atoms with van der Waals surface area (Å²) in [6.45, 7) is 2.66. The maximum absolute atomic E-state index is 13.7. The minimum atomic E-state index is -0.418. The molecule has 0 saturated carbocycles. The molecule has 0 bridgehead atoms. The Morgan fingerprint density at radius 3 is 2.86 bits per heavy atom. The molecule has 0 radical (unpaired) electrons. The molecule has 1 heterocycles. The van der Waals surface area contributed by atoms with Gasteiger partial charge in [-0.1, -0.05) is 37.2 Å². The molecular weight excluding hydrogens is 377 g/mol. The summed E-state index contributed by atoms with van der Waals surface area (Å²) in [5.41, 5.74) is 15.6. The highest BCUT2D eigenvalue weighted by Crippen LogP contribution is 2.40. The quantitative estimate of drug-likeness (QED) is 0.484. The number of hydrogen-bond donors (Lipinski definition) is 3. The number of rotatable bonds is 6. The van der Waals surface area contributed by atoms with E-state index in [1.54, 1.807) is 30.3 Å². The van der Waals surface area contributed by atoms with Crippen molar-refractivity contribution in [3.05, 3.63) is 70.1 Å². The van der Waals surface area contributed by atoms with Crippen LogP contribution >= 0.6 is 11.8 Å². The van der Waals surface area contributed by atoms with Crippen molar-refractivity contribution in [2.24, 2.45) is 15.8 Å². The van der Waals surface area contributed by atoms with Crippen LogP contribution in [0, 0.1) is 11.3 Å². The number of carbonyl (C=O) groups excluding carboxylic acids is 1. The first-order valence-electron chi connectivity index (χ1n) is 8.85. The molecule has 4 N–H and O–H groups in total. The van der Waals surface area contributed by atoms with Gasteiger partial charge >= 0.3 is 0 Å². The van der Waals surface area contributed by atoms with Crippen molar-refractivity contribution in [3.63, 3.8) is 0 Å². The smallest absolute Gasteiger partial charge is 0.251 e. The molecule has 0 aliphatic carbocycles. The molecular formula is C20H20FN5OS. The molecule has 0 aromatic heterocycles. The van der Waals surface area contributed by atoms with Crippen LogP contribution in [0.1, 0.15) is 35.7 Å². The van der Waals surface area contributed by atoms with Crippen molar-refractivity contribution in [2.45, 2.75) is 24.7 Å². The fourth-order valence-corrected chi connectivity index (χ4v) is 3.50. The first-order chi connectivity index (χ1) is 13.5. The molecule has 6 nitrogen and oxygen atoms in total. The van der Waals surface area contributed by atoms with Crippen LogP contribution < -0.4 is 11.1 Å². The number of carbonyl (C=O) groups is 1. The Bertz CT molecular complexity index is 986. The molecule has 2 aromatic rings. The molecule has 8 heteroatoms. The van der Waals surface area contributed by atoms with Crippen LogP contribution in [0.2, 0.25) is 0 Å². The van der Waals surface area contributed by atoms with Crippen LogP contribution in [0.4, 0.5) is 10.1 Å². The van der Waals surface area contributed by atoms with Gasteiger partial charge in [-0.25, -0.2) is 14.9 Å². The van der Waals surface area contributed by atoms with E-state index in [-0.39, 0.29) is 16.6 Å². The van der Waals surface area contributed by atoms with Gasteiger partial charge in [-0.2, -0.15) is 0 Å². The Morgan fingerprint density at radius 2 is 2.14 bits per heavy atom. The lowest BCUT2D eigenvalue weighted by Gasteiger charge is -2.08. The lowest BCUT2D eigenvalue weighted by Crippen LogP contribution is -2.24. The average Bonchev–Trinajstić information content (AvgIpc) is 2.84. The SMILES string of the molecule is CCCCNC(=O)c1ccc2c(c1)N=C(c1cccc(F)c1)C(N)=C(N=N)S2. The zero-order valence-electron chi connectivity index (χ0n) is 15.3. The molecule has 0 unspecified atom stereocenters. The van der Waals surface area contributed by atoms with E-state index in [2.05, 4.69) is 22.3 Å². The second kappa shape index (κ2) is 8.79. The summed E-state index contributed by atoms with van der Waals surface area (Å²) in [5, 5.41) is 6.65. The van der Waals surface area contributed by atoms with Crippen LogP contribution in [0.15, 0.2) is 68.2 Å². The number of hydrogen-bond acceptors (Lipinski definition) is 6. The van der Waals surface area contributed by atoms with E-state index in [9.17, 15) is 9.18 Å². The molecule has 28 heavy (non-hydrogen) atoms. The van der Waals surface area contributed by atoms with Crippen molar-refractivity contribution in [2.75, 3.05) is 6.54 Å². The third-order valence-electron chi connectivity index (χ3n) is 4.16. The molecule has 0 spiro atoms. The Hall–Kier alpha value is -3.00. The van der Waals surface area contributed by atoms with Crippen molar-refractivity contribution in [1.82, 2.24) is 5.32 Å². The van der Waals surface area contributed by atoms with Gasteiger partial charge in [-0.3, -0.25) is 4.79 Å². The number of benzene rings is 2. The topological polar surface area (TPSA) is 104 Å². The number of unbranched alkanes of at least 4 members (excludes halogenated alkanes) is 1. The maximum Gasteiger partial charge on any atom is 0.251 e. The van der Waals surface area contributed by atoms with Crippen LogP contribution in [-0.4, -0.2) is 18.2 Å². The van der Waals surface area contributed by atoms with Crippen molar-refractivity contribution >= 4 is 29.1 Å². The van der Waals surface area contributed by atoms with Gasteiger partial charge in [0.25, 0.3) is 5.91 Å². The number of allylic oxidation sites excluding steroid dienone is 1. The van der Waals surface area contributed by atoms with Crippen LogP contribution in [0.3, 0.4) is 0 Å². The Morgan fingerprint density at radius 1 is 1.32 bits per heavy atom. The second-order valence-corrected chi connectivity index (χ2v) is 7.23. The molecule has 1 aliphatic rings. The average molecular weight is 397 g/mol. The van der Waals surface area contributed by atoms with Gasteiger partial charge < -0.3 is 11.1 Å². The predicted molar refractivity (Wildman–Crippen MR) is 108 cm³/mol. The Kier molecular flexibility index (Phi) is 6.20. The van der Waals surface area contributed by atoms with Crippen molar-refractivity contribution in [1.29, 1.82) is 5.53 Å². The van der Waals surface area contributed by atoms with E-state index in [1.165, 1.54) is 23.9 Å². The maximum atomic E-state index is 13.7. The normalized spacial score (nSPS) is 13.4. The van der Waals surface area contributed by atoms with E-state index in [0.29, 0.717) is 34.0 Å². The molecule has 144 valence electrons. The third kappa shape index (κ3) is 4.28. The van der Waals surface area contributed by atoms with Crippen LogP contribution in [0.5, 0.6) is 0 Å². The fraction of sp³-hybridized carbons (Fsp3) is 0.200. The van der Waals surface area contributed by atoms with Crippen LogP contribution in [0.25, 0.3) is 0 Å². The Balaban J connectivity index is 2.05. The van der Waals surface area contributed by atoms with Gasteiger partial charge in [0, 0.05) is 22.6 Å². The number of amides is 1. The fourth-order valence-electron chi connectivity index (χ4n) is 2.69. The zero-order chi connectivity index (χ0) is 20.1. The van der Waals surface area contributed by atoms with Gasteiger partial charge in [0.15, 0.2) is 0 Å². The molecule has 3 rings (SSSR count). The van der Waals surface area contributed by atoms with Crippen molar-refractivity contribution in [3.8, 4) is 0 Å². The van der Waals surface area contributed by atoms with E-state index < -0.39 is 5.82 Å². The first-order valence-corrected chi connectivity index (χ1v) is 9.67.